The summed E-state index contributed by atoms with van der Waals surface area (Å²) in [5.41, 5.74) is 0. The van der Waals surface area contributed by atoms with Crippen molar-refractivity contribution in [1.29, 1.82) is 0 Å². The molecule has 0 aliphatic carbocycles. The van der Waals surface area contributed by atoms with Crippen molar-refractivity contribution < 1.29 is 24.5 Å². The number of hydrogen-bond acceptors (Lipinski definition) is 5. The fraction of sp³-hybridized carbons (Fsp3) is 0.895. The first kappa shape index (κ1) is 61.3. The van der Waals surface area contributed by atoms with Gasteiger partial charge in [-0.3, -0.25) is 9.59 Å². The van der Waals surface area contributed by atoms with E-state index in [2.05, 4.69) is 43.5 Å². The molecule has 1 amide bonds. The van der Waals surface area contributed by atoms with E-state index < -0.39 is 12.1 Å². The molecular weight excluding hydrogens is 779 g/mol. The van der Waals surface area contributed by atoms with Crippen LogP contribution in [-0.4, -0.2) is 47.4 Å². The van der Waals surface area contributed by atoms with Crippen LogP contribution in [0.1, 0.15) is 303 Å². The molecule has 63 heavy (non-hydrogen) atoms. The molecule has 6 nitrogen and oxygen atoms in total. The highest BCUT2D eigenvalue weighted by Crippen LogP contribution is 2.17. The van der Waals surface area contributed by atoms with Crippen LogP contribution in [0.2, 0.25) is 0 Å². The molecule has 0 saturated heterocycles. The Morgan fingerprint density at radius 1 is 0.444 bits per heavy atom. The molecule has 6 heteroatoms. The van der Waals surface area contributed by atoms with Crippen molar-refractivity contribution in [2.75, 3.05) is 13.2 Å². The molecule has 0 aliphatic heterocycles. The minimum absolute atomic E-state index is 0.00493. The highest BCUT2D eigenvalue weighted by Gasteiger charge is 2.20. The third-order valence-electron chi connectivity index (χ3n) is 13.0. The molecule has 0 spiro atoms. The Hall–Kier alpha value is -1.66. The van der Waals surface area contributed by atoms with E-state index in [1.165, 1.54) is 218 Å². The van der Waals surface area contributed by atoms with Gasteiger partial charge in [0.2, 0.25) is 5.91 Å². The van der Waals surface area contributed by atoms with E-state index in [-0.39, 0.29) is 18.5 Å². The molecule has 0 saturated carbocycles. The normalized spacial score (nSPS) is 12.8. The molecule has 3 N–H and O–H groups in total. The third-order valence-corrected chi connectivity index (χ3v) is 13.0. The van der Waals surface area contributed by atoms with Gasteiger partial charge in [0.05, 0.1) is 25.4 Å². The van der Waals surface area contributed by atoms with Gasteiger partial charge < -0.3 is 20.3 Å². The number of unbranched alkanes of at least 4 members (excludes halogenated alkanes) is 37. The molecule has 0 fully saturated rings. The second-order valence-corrected chi connectivity index (χ2v) is 19.3. The van der Waals surface area contributed by atoms with Crippen LogP contribution in [0.4, 0.5) is 0 Å². The predicted octanol–water partition coefficient (Wildman–Crippen LogP) is 17.1. The maximum Gasteiger partial charge on any atom is 0.305 e. The number of carbonyl (C=O) groups is 2. The van der Waals surface area contributed by atoms with E-state index in [1.807, 2.05) is 0 Å². The second kappa shape index (κ2) is 53.0. The Morgan fingerprint density at radius 2 is 0.794 bits per heavy atom. The highest BCUT2D eigenvalue weighted by molar-refractivity contribution is 5.76. The standard InChI is InChI=1S/C57H109NO5/c1-3-5-7-9-11-13-15-17-23-27-31-35-39-43-47-51-57(62)63-52-48-44-40-36-32-28-25-22-20-18-19-21-24-26-30-34-38-42-46-50-56(61)58-54(53-59)55(60)49-45-41-37-33-29-16-14-12-10-8-6-4-2/h11,13,17,23,54-55,59-60H,3-10,12,14-16,18-22,24-53H2,1-2H3,(H,58,61)/b13-11-,23-17-. The van der Waals surface area contributed by atoms with Gasteiger partial charge in [-0.1, -0.05) is 256 Å². The van der Waals surface area contributed by atoms with Crippen LogP contribution in [0, 0.1) is 0 Å². The van der Waals surface area contributed by atoms with Crippen molar-refractivity contribution in [3.8, 4) is 0 Å². The summed E-state index contributed by atoms with van der Waals surface area (Å²) < 4.78 is 5.47. The van der Waals surface area contributed by atoms with Crippen LogP contribution in [0.15, 0.2) is 24.3 Å². The van der Waals surface area contributed by atoms with Crippen LogP contribution in [0.25, 0.3) is 0 Å². The van der Waals surface area contributed by atoms with Crippen molar-refractivity contribution >= 4 is 11.9 Å². The predicted molar refractivity (Wildman–Crippen MR) is 273 cm³/mol. The first-order valence-electron chi connectivity index (χ1n) is 28.1. The molecule has 0 aromatic carbocycles. The fourth-order valence-corrected chi connectivity index (χ4v) is 8.67. The quantitative estimate of drug-likeness (QED) is 0.0321. The number of hydrogen-bond donors (Lipinski definition) is 3. The van der Waals surface area contributed by atoms with E-state index >= 15 is 0 Å². The summed E-state index contributed by atoms with van der Waals surface area (Å²) in [6.45, 7) is 4.91. The molecule has 0 radical (unpaired) electrons. The van der Waals surface area contributed by atoms with Crippen LogP contribution in [0.3, 0.4) is 0 Å². The van der Waals surface area contributed by atoms with E-state index in [0.717, 1.165) is 51.4 Å². The van der Waals surface area contributed by atoms with Gasteiger partial charge in [-0.25, -0.2) is 0 Å². The fourth-order valence-electron chi connectivity index (χ4n) is 8.67. The lowest BCUT2D eigenvalue weighted by molar-refractivity contribution is -0.143. The topological polar surface area (TPSA) is 95.9 Å². The van der Waals surface area contributed by atoms with Crippen molar-refractivity contribution in [3.63, 3.8) is 0 Å². The van der Waals surface area contributed by atoms with Gasteiger partial charge in [-0.05, 0) is 57.8 Å². The van der Waals surface area contributed by atoms with Crippen molar-refractivity contribution in [2.24, 2.45) is 0 Å². The molecule has 0 aromatic heterocycles. The molecular formula is C57H109NO5. The number of rotatable bonds is 52. The number of esters is 1. The number of ether oxygens (including phenoxy) is 1. The minimum atomic E-state index is -0.665. The number of carbonyl (C=O) groups excluding carboxylic acids is 2. The zero-order valence-electron chi connectivity index (χ0n) is 42.3. The smallest absolute Gasteiger partial charge is 0.305 e. The Kier molecular flexibility index (Phi) is 51.6. The lowest BCUT2D eigenvalue weighted by atomic mass is 10.0. The number of amides is 1. The molecule has 0 bridgehead atoms. The van der Waals surface area contributed by atoms with Gasteiger partial charge in [0, 0.05) is 12.8 Å². The van der Waals surface area contributed by atoms with Gasteiger partial charge in [-0.2, -0.15) is 0 Å². The minimum Gasteiger partial charge on any atom is -0.466 e. The molecule has 0 aliphatic rings. The maximum atomic E-state index is 12.4. The summed E-state index contributed by atoms with van der Waals surface area (Å²) in [4.78, 5) is 24.5. The molecule has 372 valence electrons. The summed E-state index contributed by atoms with van der Waals surface area (Å²) in [6, 6.07) is -0.542. The van der Waals surface area contributed by atoms with Crippen LogP contribution < -0.4 is 5.32 Å². The molecule has 0 heterocycles. The summed E-state index contributed by atoms with van der Waals surface area (Å²) >= 11 is 0. The summed E-state index contributed by atoms with van der Waals surface area (Å²) in [6.07, 6.45) is 63.0. The number of nitrogens with one attached hydrogen (secondary N) is 1. The van der Waals surface area contributed by atoms with Crippen molar-refractivity contribution in [1.82, 2.24) is 5.32 Å². The first-order chi connectivity index (χ1) is 31.0. The van der Waals surface area contributed by atoms with Gasteiger partial charge >= 0.3 is 5.97 Å². The Balaban J connectivity index is 3.39. The average molecular weight is 889 g/mol. The van der Waals surface area contributed by atoms with E-state index in [9.17, 15) is 19.8 Å². The number of allylic oxidation sites excluding steroid dienone is 4. The van der Waals surface area contributed by atoms with Crippen LogP contribution in [0.5, 0.6) is 0 Å². The second-order valence-electron chi connectivity index (χ2n) is 19.3. The van der Waals surface area contributed by atoms with Gasteiger partial charge in [0.1, 0.15) is 0 Å². The lowest BCUT2D eigenvalue weighted by Crippen LogP contribution is -2.45. The van der Waals surface area contributed by atoms with Gasteiger partial charge in [0.15, 0.2) is 0 Å². The van der Waals surface area contributed by atoms with Crippen molar-refractivity contribution in [2.45, 2.75) is 315 Å². The highest BCUT2D eigenvalue weighted by atomic mass is 16.5. The molecule has 0 rings (SSSR count). The molecule has 0 aromatic rings. The zero-order valence-corrected chi connectivity index (χ0v) is 42.3. The zero-order chi connectivity index (χ0) is 45.8. The Morgan fingerprint density at radius 3 is 1.24 bits per heavy atom. The van der Waals surface area contributed by atoms with Crippen LogP contribution in [-0.2, 0) is 14.3 Å². The summed E-state index contributed by atoms with van der Waals surface area (Å²) in [7, 11) is 0. The average Bonchev–Trinajstić information content (AvgIpc) is 3.28. The third kappa shape index (κ3) is 49.6. The largest absolute Gasteiger partial charge is 0.466 e. The van der Waals surface area contributed by atoms with Gasteiger partial charge in [-0.15, -0.1) is 0 Å². The Bertz CT molecular complexity index is 982. The number of aliphatic hydroxyl groups is 2. The first-order valence-corrected chi connectivity index (χ1v) is 28.1. The van der Waals surface area contributed by atoms with E-state index in [1.54, 1.807) is 0 Å². The number of aliphatic hydroxyl groups excluding tert-OH is 2. The lowest BCUT2D eigenvalue weighted by Gasteiger charge is -2.22. The molecule has 2 atom stereocenters. The maximum absolute atomic E-state index is 12.4. The summed E-state index contributed by atoms with van der Waals surface area (Å²) in [5.74, 6) is -0.0431. The monoisotopic (exact) mass is 888 g/mol. The van der Waals surface area contributed by atoms with Crippen LogP contribution >= 0.6 is 0 Å². The SMILES string of the molecule is CCCCC/C=C\C/C=C\CCCCCCCC(=O)OCCCCCCCCCCCCCCCCCCCCCC(=O)NC(CO)C(O)CCCCCCCCCCCCCC. The Labute approximate surface area is 392 Å². The molecule has 2 unspecified atom stereocenters. The van der Waals surface area contributed by atoms with Gasteiger partial charge in [0.25, 0.3) is 0 Å². The van der Waals surface area contributed by atoms with Crippen molar-refractivity contribution in [3.05, 3.63) is 24.3 Å². The van der Waals surface area contributed by atoms with E-state index in [4.69, 9.17) is 4.74 Å². The van der Waals surface area contributed by atoms with E-state index in [0.29, 0.717) is 25.9 Å². The summed E-state index contributed by atoms with van der Waals surface area (Å²) in [5, 5.41) is 23.2.